The number of alkyl halides is 2. The third-order valence-electron chi connectivity index (χ3n) is 3.12. The number of nitrogens with zero attached hydrogens (tertiary/aromatic N) is 1. The highest BCUT2D eigenvalue weighted by Crippen LogP contribution is 2.30. The van der Waals surface area contributed by atoms with Crippen LogP contribution in [0.5, 0.6) is 11.5 Å². The second-order valence-corrected chi connectivity index (χ2v) is 4.65. The van der Waals surface area contributed by atoms with Gasteiger partial charge in [-0.05, 0) is 23.8 Å². The summed E-state index contributed by atoms with van der Waals surface area (Å²) in [6, 6.07) is 14.4. The molecule has 122 valence electrons. The van der Waals surface area contributed by atoms with Crippen LogP contribution in [-0.2, 0) is 0 Å². The molecule has 2 rings (SSSR count). The number of hydrogen-bond donors (Lipinski definition) is 0. The van der Waals surface area contributed by atoms with Crippen LogP contribution in [-0.4, -0.2) is 19.5 Å². The Balaban J connectivity index is 2.34. The van der Waals surface area contributed by atoms with Gasteiger partial charge in [0.25, 0.3) is 0 Å². The molecule has 0 bridgehead atoms. The van der Waals surface area contributed by atoms with E-state index in [1.807, 2.05) is 6.07 Å². The van der Waals surface area contributed by atoms with Crippen LogP contribution in [0.25, 0.3) is 6.08 Å². The number of nitriles is 1. The highest BCUT2D eigenvalue weighted by molar-refractivity contribution is 6.14. The molecule has 0 aromatic heterocycles. The van der Waals surface area contributed by atoms with Crippen LogP contribution in [0.15, 0.2) is 54.1 Å². The first-order valence-electron chi connectivity index (χ1n) is 6.89. The summed E-state index contributed by atoms with van der Waals surface area (Å²) in [5.41, 5.74) is 0.759. The van der Waals surface area contributed by atoms with Gasteiger partial charge in [0, 0.05) is 5.56 Å². The average Bonchev–Trinajstić information content (AvgIpc) is 2.60. The molecule has 0 fully saturated rings. The van der Waals surface area contributed by atoms with Crippen LogP contribution in [0.2, 0.25) is 0 Å². The fourth-order valence-electron chi connectivity index (χ4n) is 2.03. The van der Waals surface area contributed by atoms with Crippen LogP contribution in [0, 0.1) is 11.3 Å². The Labute approximate surface area is 137 Å². The van der Waals surface area contributed by atoms with E-state index in [1.165, 1.54) is 31.4 Å². The molecule has 24 heavy (non-hydrogen) atoms. The lowest BCUT2D eigenvalue weighted by Gasteiger charge is -2.10. The Bertz CT molecular complexity index is 796. The molecule has 0 saturated carbocycles. The number of benzene rings is 2. The number of hydrogen-bond acceptors (Lipinski definition) is 4. The second kappa shape index (κ2) is 7.88. The Morgan fingerprint density at radius 2 is 1.88 bits per heavy atom. The van der Waals surface area contributed by atoms with Crippen molar-refractivity contribution >= 4 is 11.9 Å². The summed E-state index contributed by atoms with van der Waals surface area (Å²) in [7, 11) is 1.31. The molecular weight excluding hydrogens is 316 g/mol. The number of ketones is 1. The van der Waals surface area contributed by atoms with Crippen molar-refractivity contribution in [2.24, 2.45) is 0 Å². The summed E-state index contributed by atoms with van der Waals surface area (Å²) in [5.74, 6) is -0.476. The molecule has 6 heteroatoms. The van der Waals surface area contributed by atoms with Gasteiger partial charge >= 0.3 is 6.61 Å². The number of allylic oxidation sites excluding steroid dienone is 1. The highest BCUT2D eigenvalue weighted by Gasteiger charge is 2.14. The maximum absolute atomic E-state index is 12.3. The molecule has 0 saturated heterocycles. The van der Waals surface area contributed by atoms with Gasteiger partial charge < -0.3 is 9.47 Å². The van der Waals surface area contributed by atoms with E-state index in [-0.39, 0.29) is 17.1 Å². The zero-order valence-corrected chi connectivity index (χ0v) is 12.7. The summed E-state index contributed by atoms with van der Waals surface area (Å²) in [4.78, 5) is 12.3. The fraction of sp³-hybridized carbons (Fsp3) is 0.111. The minimum atomic E-state index is -2.98. The van der Waals surface area contributed by atoms with Gasteiger partial charge in [0.05, 0.1) is 7.11 Å². The highest BCUT2D eigenvalue weighted by atomic mass is 19.3. The van der Waals surface area contributed by atoms with Gasteiger partial charge in [-0.15, -0.1) is 0 Å². The number of ether oxygens (including phenoxy) is 2. The predicted octanol–water partition coefficient (Wildman–Crippen LogP) is 4.09. The van der Waals surface area contributed by atoms with Crippen LogP contribution < -0.4 is 9.47 Å². The first-order chi connectivity index (χ1) is 11.5. The summed E-state index contributed by atoms with van der Waals surface area (Å²) in [6.07, 6.45) is 1.37. The molecule has 2 aromatic carbocycles. The van der Waals surface area contributed by atoms with Crippen molar-refractivity contribution in [3.63, 3.8) is 0 Å². The van der Waals surface area contributed by atoms with Gasteiger partial charge in [-0.2, -0.15) is 14.0 Å². The van der Waals surface area contributed by atoms with Gasteiger partial charge in [-0.25, -0.2) is 0 Å². The van der Waals surface area contributed by atoms with Crippen molar-refractivity contribution in [2.45, 2.75) is 6.61 Å². The van der Waals surface area contributed by atoms with Crippen molar-refractivity contribution in [3.8, 4) is 17.6 Å². The summed E-state index contributed by atoms with van der Waals surface area (Å²) in [6.45, 7) is -2.98. The monoisotopic (exact) mass is 329 g/mol. The Morgan fingerprint density at radius 1 is 1.17 bits per heavy atom. The van der Waals surface area contributed by atoms with E-state index in [0.717, 1.165) is 0 Å². The Morgan fingerprint density at radius 3 is 2.46 bits per heavy atom. The van der Waals surface area contributed by atoms with Crippen molar-refractivity contribution in [3.05, 3.63) is 65.2 Å². The lowest BCUT2D eigenvalue weighted by atomic mass is 10.0. The molecule has 0 N–H and O–H groups in total. The Kier molecular flexibility index (Phi) is 5.63. The number of Topliss-reactive ketones (excluding diaryl/α,β-unsaturated/α-hetero) is 1. The molecule has 0 atom stereocenters. The predicted molar refractivity (Wildman–Crippen MR) is 84.0 cm³/mol. The Hall–Kier alpha value is -3.20. The zero-order valence-electron chi connectivity index (χ0n) is 12.7. The molecule has 0 heterocycles. The molecule has 0 aliphatic carbocycles. The standard InChI is InChI=1S/C18H13F2NO3/c1-23-16-10-12(7-8-15(16)24-18(19)20)9-14(11-21)17(22)13-5-3-2-4-6-13/h2-10,18H,1H3/b14-9-. The molecule has 2 aromatic rings. The molecule has 0 aliphatic heterocycles. The number of methoxy groups -OCH3 is 1. The normalized spacial score (nSPS) is 11.0. The van der Waals surface area contributed by atoms with Crippen molar-refractivity contribution in [1.82, 2.24) is 0 Å². The van der Waals surface area contributed by atoms with E-state index in [4.69, 9.17) is 4.74 Å². The van der Waals surface area contributed by atoms with E-state index in [2.05, 4.69) is 4.74 Å². The molecule has 4 nitrogen and oxygen atoms in total. The average molecular weight is 329 g/mol. The van der Waals surface area contributed by atoms with Crippen molar-refractivity contribution in [2.75, 3.05) is 7.11 Å². The molecule has 0 amide bonds. The van der Waals surface area contributed by atoms with Gasteiger partial charge in [-0.1, -0.05) is 36.4 Å². The lowest BCUT2D eigenvalue weighted by Crippen LogP contribution is -2.04. The number of carbonyl (C=O) groups is 1. The largest absolute Gasteiger partial charge is 0.493 e. The SMILES string of the molecule is COc1cc(/C=C(/C#N)C(=O)c2ccccc2)ccc1OC(F)F. The van der Waals surface area contributed by atoms with Gasteiger partial charge in [-0.3, -0.25) is 4.79 Å². The number of carbonyl (C=O) groups excluding carboxylic acids is 1. The van der Waals surface area contributed by atoms with Crippen LogP contribution in [0.3, 0.4) is 0 Å². The smallest absolute Gasteiger partial charge is 0.387 e. The summed E-state index contributed by atoms with van der Waals surface area (Å²) in [5, 5.41) is 9.22. The third kappa shape index (κ3) is 4.17. The molecule has 0 radical (unpaired) electrons. The minimum absolute atomic E-state index is 0.0773. The topological polar surface area (TPSA) is 59.3 Å². The fourth-order valence-corrected chi connectivity index (χ4v) is 2.03. The number of halogens is 2. The van der Waals surface area contributed by atoms with E-state index in [0.29, 0.717) is 11.1 Å². The van der Waals surface area contributed by atoms with E-state index < -0.39 is 12.4 Å². The minimum Gasteiger partial charge on any atom is -0.493 e. The van der Waals surface area contributed by atoms with Crippen LogP contribution >= 0.6 is 0 Å². The van der Waals surface area contributed by atoms with E-state index in [1.54, 1.807) is 30.3 Å². The third-order valence-corrected chi connectivity index (χ3v) is 3.12. The zero-order chi connectivity index (χ0) is 17.5. The second-order valence-electron chi connectivity index (χ2n) is 4.65. The van der Waals surface area contributed by atoms with Crippen LogP contribution in [0.4, 0.5) is 8.78 Å². The first kappa shape index (κ1) is 17.2. The molecule has 0 unspecified atom stereocenters. The first-order valence-corrected chi connectivity index (χ1v) is 6.89. The molecule has 0 spiro atoms. The molecular formula is C18H13F2NO3. The maximum Gasteiger partial charge on any atom is 0.387 e. The van der Waals surface area contributed by atoms with Gasteiger partial charge in [0.2, 0.25) is 5.78 Å². The summed E-state index contributed by atoms with van der Waals surface area (Å²) < 4.78 is 34.0. The summed E-state index contributed by atoms with van der Waals surface area (Å²) >= 11 is 0. The van der Waals surface area contributed by atoms with Crippen molar-refractivity contribution < 1.29 is 23.0 Å². The van der Waals surface area contributed by atoms with Crippen molar-refractivity contribution in [1.29, 1.82) is 5.26 Å². The van der Waals surface area contributed by atoms with E-state index >= 15 is 0 Å². The van der Waals surface area contributed by atoms with Gasteiger partial charge in [0.15, 0.2) is 11.5 Å². The maximum atomic E-state index is 12.3. The molecule has 0 aliphatic rings. The van der Waals surface area contributed by atoms with Crippen LogP contribution in [0.1, 0.15) is 15.9 Å². The number of rotatable bonds is 6. The lowest BCUT2D eigenvalue weighted by molar-refractivity contribution is -0.0512. The quantitative estimate of drug-likeness (QED) is 0.455. The van der Waals surface area contributed by atoms with E-state index in [9.17, 15) is 18.8 Å². The van der Waals surface area contributed by atoms with Gasteiger partial charge in [0.1, 0.15) is 11.6 Å².